The van der Waals surface area contributed by atoms with Gasteiger partial charge < -0.3 is 5.73 Å². The number of nitrogens with one attached hydrogen (secondary N) is 1. The van der Waals surface area contributed by atoms with Crippen molar-refractivity contribution in [3.8, 4) is 0 Å². The first-order chi connectivity index (χ1) is 8.81. The lowest BCUT2D eigenvalue weighted by molar-refractivity contribution is 0.0903. The molecule has 5 nitrogen and oxygen atoms in total. The van der Waals surface area contributed by atoms with Crippen molar-refractivity contribution in [2.45, 2.75) is 38.8 Å². The minimum atomic E-state index is -3.28. The van der Waals surface area contributed by atoms with Crippen LogP contribution in [0, 0.1) is 5.41 Å². The van der Waals surface area contributed by atoms with E-state index in [4.69, 9.17) is 5.73 Å². The molecule has 2 atom stereocenters. The fourth-order valence-corrected chi connectivity index (χ4v) is 3.65. The van der Waals surface area contributed by atoms with Gasteiger partial charge in [0, 0.05) is 30.4 Å². The van der Waals surface area contributed by atoms with Crippen LogP contribution in [0.5, 0.6) is 0 Å². The number of nitrogens with two attached hydrogens (primary N) is 1. The number of rotatable bonds is 5. The van der Waals surface area contributed by atoms with Crippen LogP contribution in [0.2, 0.25) is 0 Å². The number of nitrogens with zero attached hydrogens (tertiary/aromatic N) is 1. The third kappa shape index (κ3) is 3.32. The van der Waals surface area contributed by atoms with Crippen LogP contribution in [0.25, 0.3) is 0 Å². The van der Waals surface area contributed by atoms with Crippen LogP contribution in [0.1, 0.15) is 26.0 Å². The molecule has 0 amide bonds. The van der Waals surface area contributed by atoms with Gasteiger partial charge in [0.1, 0.15) is 0 Å². The molecule has 0 radical (unpaired) electrons. The number of aryl methyl sites for hydroxylation is 1. The molecule has 0 bridgehead atoms. The molecule has 1 aromatic rings. The highest BCUT2D eigenvalue weighted by Crippen LogP contribution is 2.39. The summed E-state index contributed by atoms with van der Waals surface area (Å²) >= 11 is 0. The number of aromatic nitrogens is 1. The van der Waals surface area contributed by atoms with Gasteiger partial charge in [-0.25, -0.2) is 13.1 Å². The van der Waals surface area contributed by atoms with Crippen LogP contribution in [0.15, 0.2) is 24.4 Å². The molecule has 1 aliphatic rings. The number of hydrogen-bond acceptors (Lipinski definition) is 4. The van der Waals surface area contributed by atoms with Crippen LogP contribution in [-0.2, 0) is 16.4 Å². The molecule has 1 fully saturated rings. The van der Waals surface area contributed by atoms with Crippen molar-refractivity contribution in [2.24, 2.45) is 11.1 Å². The maximum Gasteiger partial charge on any atom is 0.212 e. The molecule has 0 spiro atoms. The summed E-state index contributed by atoms with van der Waals surface area (Å²) in [6.07, 6.45) is 2.80. The Morgan fingerprint density at radius 3 is 2.74 bits per heavy atom. The summed E-state index contributed by atoms with van der Waals surface area (Å²) < 4.78 is 26.8. The minimum absolute atomic E-state index is 0.0590. The zero-order chi connectivity index (χ0) is 14.1. The molecule has 3 N–H and O–H groups in total. The summed E-state index contributed by atoms with van der Waals surface area (Å²) in [5, 5.41) is 0. The van der Waals surface area contributed by atoms with Gasteiger partial charge in [-0.15, -0.1) is 0 Å². The molecule has 2 rings (SSSR count). The lowest BCUT2D eigenvalue weighted by atomic mass is 9.64. The molecule has 1 saturated carbocycles. The van der Waals surface area contributed by atoms with Crippen LogP contribution in [-0.4, -0.2) is 31.2 Å². The highest BCUT2D eigenvalue weighted by atomic mass is 32.2. The van der Waals surface area contributed by atoms with Crippen LogP contribution in [0.4, 0.5) is 0 Å². The SMILES string of the molecule is CC1(C)C(N)CC1NS(=O)(=O)CCc1ccccn1. The Hall–Kier alpha value is -0.980. The van der Waals surface area contributed by atoms with Crippen molar-refractivity contribution < 1.29 is 8.42 Å². The summed E-state index contributed by atoms with van der Waals surface area (Å²) in [5.74, 6) is 0.0613. The lowest BCUT2D eigenvalue weighted by Crippen LogP contribution is -2.64. The van der Waals surface area contributed by atoms with E-state index in [1.165, 1.54) is 0 Å². The molecule has 19 heavy (non-hydrogen) atoms. The standard InChI is InChI=1S/C13H21N3O2S/c1-13(2)11(14)9-12(13)16-19(17,18)8-6-10-5-3-4-7-15-10/h3-5,7,11-12,16H,6,8-9,14H2,1-2H3. The van der Waals surface area contributed by atoms with Crippen molar-refractivity contribution in [3.05, 3.63) is 30.1 Å². The van der Waals surface area contributed by atoms with Gasteiger partial charge in [-0.1, -0.05) is 19.9 Å². The van der Waals surface area contributed by atoms with Gasteiger partial charge in [0.05, 0.1) is 5.75 Å². The minimum Gasteiger partial charge on any atom is -0.327 e. The first-order valence-electron chi connectivity index (χ1n) is 6.47. The molecule has 2 unspecified atom stereocenters. The second kappa shape index (κ2) is 5.19. The highest BCUT2D eigenvalue weighted by molar-refractivity contribution is 7.89. The normalized spacial score (nSPS) is 25.8. The Kier molecular flexibility index (Phi) is 3.94. The summed E-state index contributed by atoms with van der Waals surface area (Å²) in [7, 11) is -3.28. The molecular weight excluding hydrogens is 262 g/mol. The Bertz CT molecular complexity index is 528. The van der Waals surface area contributed by atoms with Crippen molar-refractivity contribution in [2.75, 3.05) is 5.75 Å². The van der Waals surface area contributed by atoms with E-state index < -0.39 is 10.0 Å². The molecule has 0 aliphatic heterocycles. The Labute approximate surface area is 114 Å². The van der Waals surface area contributed by atoms with Gasteiger partial charge in [0.25, 0.3) is 0 Å². The van der Waals surface area contributed by atoms with E-state index in [-0.39, 0.29) is 23.3 Å². The van der Waals surface area contributed by atoms with Crippen molar-refractivity contribution in [1.82, 2.24) is 9.71 Å². The van der Waals surface area contributed by atoms with Crippen molar-refractivity contribution in [3.63, 3.8) is 0 Å². The summed E-state index contributed by atoms with van der Waals surface area (Å²) in [4.78, 5) is 4.12. The molecular formula is C13H21N3O2S. The Balaban J connectivity index is 1.90. The van der Waals surface area contributed by atoms with Crippen molar-refractivity contribution >= 4 is 10.0 Å². The van der Waals surface area contributed by atoms with E-state index in [2.05, 4.69) is 9.71 Å². The first kappa shape index (κ1) is 14.4. The molecule has 1 aliphatic carbocycles. The molecule has 1 aromatic heterocycles. The number of hydrogen-bond donors (Lipinski definition) is 2. The quantitative estimate of drug-likeness (QED) is 0.831. The van der Waals surface area contributed by atoms with Gasteiger partial charge in [-0.05, 0) is 24.0 Å². The van der Waals surface area contributed by atoms with E-state index in [0.717, 1.165) is 5.69 Å². The molecule has 106 valence electrons. The third-order valence-electron chi connectivity index (χ3n) is 4.02. The summed E-state index contributed by atoms with van der Waals surface area (Å²) in [6.45, 7) is 3.99. The smallest absolute Gasteiger partial charge is 0.212 e. The molecule has 6 heteroatoms. The van der Waals surface area contributed by atoms with Crippen LogP contribution < -0.4 is 10.5 Å². The first-order valence-corrected chi connectivity index (χ1v) is 8.12. The maximum absolute atomic E-state index is 12.0. The van der Waals surface area contributed by atoms with E-state index in [9.17, 15) is 8.42 Å². The predicted octanol–water partition coefficient (Wildman–Crippen LogP) is 0.669. The summed E-state index contributed by atoms with van der Waals surface area (Å²) in [5.41, 5.74) is 6.51. The highest BCUT2D eigenvalue weighted by Gasteiger charge is 2.47. The number of sulfonamides is 1. The zero-order valence-electron chi connectivity index (χ0n) is 11.3. The maximum atomic E-state index is 12.0. The second-order valence-corrected chi connectivity index (χ2v) is 7.60. The fourth-order valence-electron chi connectivity index (χ4n) is 2.22. The van der Waals surface area contributed by atoms with Gasteiger partial charge in [0.15, 0.2) is 0 Å². The van der Waals surface area contributed by atoms with Gasteiger partial charge >= 0.3 is 0 Å². The van der Waals surface area contributed by atoms with Crippen LogP contribution in [0.3, 0.4) is 0 Å². The van der Waals surface area contributed by atoms with Gasteiger partial charge in [-0.3, -0.25) is 4.98 Å². The Morgan fingerprint density at radius 1 is 1.47 bits per heavy atom. The third-order valence-corrected chi connectivity index (χ3v) is 5.40. The topological polar surface area (TPSA) is 85.1 Å². The summed E-state index contributed by atoms with van der Waals surface area (Å²) in [6, 6.07) is 5.51. The van der Waals surface area contributed by atoms with Gasteiger partial charge in [0.2, 0.25) is 10.0 Å². The van der Waals surface area contributed by atoms with E-state index >= 15 is 0 Å². The van der Waals surface area contributed by atoms with E-state index in [1.807, 2.05) is 32.0 Å². The lowest BCUT2D eigenvalue weighted by Gasteiger charge is -2.50. The Morgan fingerprint density at radius 2 is 2.21 bits per heavy atom. The van der Waals surface area contributed by atoms with Crippen molar-refractivity contribution in [1.29, 1.82) is 0 Å². The average Bonchev–Trinajstić information content (AvgIpc) is 2.37. The molecule has 0 saturated heterocycles. The van der Waals surface area contributed by atoms with Crippen LogP contribution >= 0.6 is 0 Å². The monoisotopic (exact) mass is 283 g/mol. The zero-order valence-corrected chi connectivity index (χ0v) is 12.2. The largest absolute Gasteiger partial charge is 0.327 e. The fraction of sp³-hybridized carbons (Fsp3) is 0.615. The van der Waals surface area contributed by atoms with E-state index in [1.54, 1.807) is 6.20 Å². The van der Waals surface area contributed by atoms with E-state index in [0.29, 0.717) is 12.8 Å². The number of pyridine rings is 1. The predicted molar refractivity (Wildman–Crippen MR) is 75.0 cm³/mol. The molecule has 0 aromatic carbocycles. The molecule has 1 heterocycles. The average molecular weight is 283 g/mol. The second-order valence-electron chi connectivity index (χ2n) is 5.72. The van der Waals surface area contributed by atoms with Gasteiger partial charge in [-0.2, -0.15) is 0 Å².